The van der Waals surface area contributed by atoms with Gasteiger partial charge < -0.3 is 10.1 Å². The highest BCUT2D eigenvalue weighted by Crippen LogP contribution is 2.35. The molecule has 1 atom stereocenters. The van der Waals surface area contributed by atoms with Gasteiger partial charge in [-0.05, 0) is 55.0 Å². The Morgan fingerprint density at radius 3 is 2.85 bits per heavy atom. The number of ether oxygens (including phenoxy) is 1. The van der Waals surface area contributed by atoms with Crippen LogP contribution in [0.1, 0.15) is 35.6 Å². The predicted molar refractivity (Wildman–Crippen MR) is 83.5 cm³/mol. The summed E-state index contributed by atoms with van der Waals surface area (Å²) in [6.45, 7) is 2.11. The molecule has 0 heterocycles. The summed E-state index contributed by atoms with van der Waals surface area (Å²) in [6, 6.07) is 15.4. The second kappa shape index (κ2) is 5.58. The maximum absolute atomic E-state index is 5.47. The third kappa shape index (κ3) is 2.51. The van der Waals surface area contributed by atoms with Gasteiger partial charge in [0.25, 0.3) is 0 Å². The van der Waals surface area contributed by atoms with Crippen molar-refractivity contribution in [3.63, 3.8) is 0 Å². The fourth-order valence-electron chi connectivity index (χ4n) is 3.03. The fourth-order valence-corrected chi connectivity index (χ4v) is 3.03. The molecule has 2 nitrogen and oxygen atoms in total. The van der Waals surface area contributed by atoms with Crippen LogP contribution in [0.2, 0.25) is 0 Å². The lowest BCUT2D eigenvalue weighted by Crippen LogP contribution is -2.17. The zero-order valence-electron chi connectivity index (χ0n) is 12.1. The normalized spacial score (nSPS) is 17.4. The van der Waals surface area contributed by atoms with Crippen molar-refractivity contribution in [2.45, 2.75) is 32.2 Å². The van der Waals surface area contributed by atoms with E-state index < -0.39 is 0 Å². The highest BCUT2D eigenvalue weighted by Gasteiger charge is 2.20. The molecule has 0 spiro atoms. The van der Waals surface area contributed by atoms with Crippen LogP contribution in [0, 0.1) is 6.92 Å². The van der Waals surface area contributed by atoms with Crippen LogP contribution in [-0.4, -0.2) is 7.11 Å². The first kappa shape index (κ1) is 13.0. The largest absolute Gasteiger partial charge is 0.495 e. The molecule has 1 aliphatic rings. The van der Waals surface area contributed by atoms with Gasteiger partial charge in [-0.15, -0.1) is 0 Å². The van der Waals surface area contributed by atoms with Crippen LogP contribution < -0.4 is 10.1 Å². The molecule has 1 N–H and O–H groups in total. The summed E-state index contributed by atoms with van der Waals surface area (Å²) < 4.78 is 5.47. The van der Waals surface area contributed by atoms with Crippen LogP contribution in [-0.2, 0) is 6.42 Å². The lowest BCUT2D eigenvalue weighted by atomic mass is 9.87. The first-order valence-electron chi connectivity index (χ1n) is 7.27. The van der Waals surface area contributed by atoms with E-state index in [1.807, 2.05) is 6.07 Å². The van der Waals surface area contributed by atoms with Crippen LogP contribution in [0.3, 0.4) is 0 Å². The van der Waals surface area contributed by atoms with E-state index in [4.69, 9.17) is 4.74 Å². The van der Waals surface area contributed by atoms with E-state index in [9.17, 15) is 0 Å². The molecule has 0 aliphatic heterocycles. The minimum atomic E-state index is 0.385. The number of rotatable bonds is 3. The lowest BCUT2D eigenvalue weighted by Gasteiger charge is -2.28. The second-order valence-electron chi connectivity index (χ2n) is 5.49. The molecule has 104 valence electrons. The van der Waals surface area contributed by atoms with Gasteiger partial charge in [-0.2, -0.15) is 0 Å². The van der Waals surface area contributed by atoms with Crippen molar-refractivity contribution in [1.29, 1.82) is 0 Å². The third-order valence-corrected chi connectivity index (χ3v) is 4.05. The van der Waals surface area contributed by atoms with Gasteiger partial charge in [-0.3, -0.25) is 0 Å². The first-order valence-corrected chi connectivity index (χ1v) is 7.27. The van der Waals surface area contributed by atoms with Crippen molar-refractivity contribution in [1.82, 2.24) is 0 Å². The molecule has 3 rings (SSSR count). The van der Waals surface area contributed by atoms with E-state index in [2.05, 4.69) is 48.6 Å². The van der Waals surface area contributed by atoms with E-state index in [0.29, 0.717) is 6.04 Å². The number of anilines is 1. The number of nitrogens with one attached hydrogen (secondary N) is 1. The summed E-state index contributed by atoms with van der Waals surface area (Å²) in [5.74, 6) is 0.915. The topological polar surface area (TPSA) is 21.3 Å². The molecule has 0 aromatic heterocycles. The van der Waals surface area contributed by atoms with Crippen molar-refractivity contribution in [2.24, 2.45) is 0 Å². The van der Waals surface area contributed by atoms with Gasteiger partial charge in [0.2, 0.25) is 0 Å². The van der Waals surface area contributed by atoms with Gasteiger partial charge in [0.15, 0.2) is 0 Å². The number of hydrogen-bond acceptors (Lipinski definition) is 2. The lowest BCUT2D eigenvalue weighted by molar-refractivity contribution is 0.415. The zero-order valence-corrected chi connectivity index (χ0v) is 12.1. The average Bonchev–Trinajstić information content (AvgIpc) is 2.48. The monoisotopic (exact) mass is 267 g/mol. The van der Waals surface area contributed by atoms with E-state index in [-0.39, 0.29) is 0 Å². The molecule has 2 heteroatoms. The van der Waals surface area contributed by atoms with Crippen LogP contribution in [0.15, 0.2) is 42.5 Å². The Morgan fingerprint density at radius 2 is 2.00 bits per heavy atom. The molecule has 0 saturated carbocycles. The number of hydrogen-bond donors (Lipinski definition) is 1. The third-order valence-electron chi connectivity index (χ3n) is 4.05. The molecular formula is C18H21NO. The van der Waals surface area contributed by atoms with Gasteiger partial charge >= 0.3 is 0 Å². The molecule has 20 heavy (non-hydrogen) atoms. The first-order chi connectivity index (χ1) is 9.78. The number of methoxy groups -OCH3 is 1. The van der Waals surface area contributed by atoms with E-state index in [1.54, 1.807) is 7.11 Å². The Hall–Kier alpha value is -1.96. The standard InChI is InChI=1S/C18H21NO/c1-13-10-11-18(20-2)17(12-13)19-16-9-5-7-14-6-3-4-8-15(14)16/h3-4,6,8,10-12,16,19H,5,7,9H2,1-2H3. The summed E-state index contributed by atoms with van der Waals surface area (Å²) in [6.07, 6.45) is 3.61. The van der Waals surface area contributed by atoms with Gasteiger partial charge in [-0.1, -0.05) is 30.3 Å². The molecule has 0 radical (unpaired) electrons. The van der Waals surface area contributed by atoms with Crippen molar-refractivity contribution in [3.05, 3.63) is 59.2 Å². The minimum absolute atomic E-state index is 0.385. The van der Waals surface area contributed by atoms with Crippen LogP contribution in [0.5, 0.6) is 5.75 Å². The molecule has 0 saturated heterocycles. The Kier molecular flexibility index (Phi) is 3.64. The van der Waals surface area contributed by atoms with Crippen molar-refractivity contribution in [3.8, 4) is 5.75 Å². The van der Waals surface area contributed by atoms with Gasteiger partial charge in [0, 0.05) is 0 Å². The van der Waals surface area contributed by atoms with Crippen LogP contribution >= 0.6 is 0 Å². The summed E-state index contributed by atoms with van der Waals surface area (Å²) in [5.41, 5.74) is 5.25. The number of fused-ring (bicyclic) bond motifs is 1. The molecular weight excluding hydrogens is 246 g/mol. The molecule has 1 aliphatic carbocycles. The van der Waals surface area contributed by atoms with E-state index in [0.717, 1.165) is 11.4 Å². The maximum atomic E-state index is 5.47. The summed E-state index contributed by atoms with van der Waals surface area (Å²) in [5, 5.41) is 3.67. The molecule has 2 aromatic carbocycles. The number of aryl methyl sites for hydroxylation is 2. The maximum Gasteiger partial charge on any atom is 0.141 e. The van der Waals surface area contributed by atoms with Gasteiger partial charge in [0.1, 0.15) is 5.75 Å². The quantitative estimate of drug-likeness (QED) is 0.884. The predicted octanol–water partition coefficient (Wildman–Crippen LogP) is 4.49. The summed E-state index contributed by atoms with van der Waals surface area (Å²) in [4.78, 5) is 0. The SMILES string of the molecule is COc1ccc(C)cc1NC1CCCc2ccccc21. The Morgan fingerprint density at radius 1 is 1.15 bits per heavy atom. The Balaban J connectivity index is 1.91. The molecule has 1 unspecified atom stereocenters. The highest BCUT2D eigenvalue weighted by atomic mass is 16.5. The minimum Gasteiger partial charge on any atom is -0.495 e. The van der Waals surface area contributed by atoms with Crippen LogP contribution in [0.25, 0.3) is 0 Å². The average molecular weight is 267 g/mol. The summed E-state index contributed by atoms with van der Waals surface area (Å²) in [7, 11) is 1.73. The smallest absolute Gasteiger partial charge is 0.141 e. The Bertz CT molecular complexity index is 606. The van der Waals surface area contributed by atoms with Crippen molar-refractivity contribution >= 4 is 5.69 Å². The van der Waals surface area contributed by atoms with Gasteiger partial charge in [-0.25, -0.2) is 0 Å². The summed E-state index contributed by atoms with van der Waals surface area (Å²) >= 11 is 0. The Labute approximate surface area is 120 Å². The fraction of sp³-hybridized carbons (Fsp3) is 0.333. The van der Waals surface area contributed by atoms with E-state index in [1.165, 1.54) is 36.0 Å². The zero-order chi connectivity index (χ0) is 13.9. The molecule has 0 bridgehead atoms. The molecule has 0 amide bonds. The number of benzene rings is 2. The van der Waals surface area contributed by atoms with Gasteiger partial charge in [0.05, 0.1) is 18.8 Å². The second-order valence-corrected chi connectivity index (χ2v) is 5.49. The molecule has 2 aromatic rings. The van der Waals surface area contributed by atoms with Crippen molar-refractivity contribution < 1.29 is 4.74 Å². The highest BCUT2D eigenvalue weighted by molar-refractivity contribution is 5.59. The molecule has 0 fully saturated rings. The van der Waals surface area contributed by atoms with Crippen LogP contribution in [0.4, 0.5) is 5.69 Å². The van der Waals surface area contributed by atoms with Crippen molar-refractivity contribution in [2.75, 3.05) is 12.4 Å². The van der Waals surface area contributed by atoms with E-state index >= 15 is 0 Å².